The topological polar surface area (TPSA) is 0 Å². The first kappa shape index (κ1) is 13.3. The molecule has 0 heteroatoms. The molecular weight excluding hydrogens is 192 g/mol. The predicted octanol–water partition coefficient (Wildman–Crippen LogP) is 5.41. The predicted molar refractivity (Wildman–Crippen MR) is 72.5 cm³/mol. The van der Waals surface area contributed by atoms with Gasteiger partial charge in [-0.25, -0.2) is 0 Å². The van der Waals surface area contributed by atoms with Crippen LogP contribution < -0.4 is 0 Å². The van der Waals surface area contributed by atoms with Crippen LogP contribution >= 0.6 is 0 Å². The zero-order chi connectivity index (χ0) is 11.8. The van der Waals surface area contributed by atoms with Gasteiger partial charge in [0.05, 0.1) is 0 Å². The first-order valence-corrected chi connectivity index (χ1v) is 6.89. The van der Waals surface area contributed by atoms with E-state index in [1.54, 1.807) is 5.57 Å². The molecule has 1 aliphatic rings. The summed E-state index contributed by atoms with van der Waals surface area (Å²) in [5.74, 6) is 0.612. The van der Waals surface area contributed by atoms with Crippen LogP contribution in [0, 0.1) is 5.92 Å². The molecule has 0 saturated carbocycles. The van der Waals surface area contributed by atoms with E-state index in [0.29, 0.717) is 5.92 Å². The molecule has 1 aliphatic carbocycles. The fraction of sp³-hybridized carbons (Fsp3) is 0.688. The molecule has 0 heterocycles. The maximum absolute atomic E-state index is 3.55. The van der Waals surface area contributed by atoms with E-state index in [1.807, 2.05) is 0 Å². The second kappa shape index (κ2) is 7.52. The van der Waals surface area contributed by atoms with Gasteiger partial charge in [0.2, 0.25) is 0 Å². The smallest absolute Gasteiger partial charge is 0.00348 e. The molecule has 0 N–H and O–H groups in total. The fourth-order valence-corrected chi connectivity index (χ4v) is 2.06. The van der Waals surface area contributed by atoms with Gasteiger partial charge in [0.15, 0.2) is 0 Å². The standard InChI is InChI=1S/C16H26/c1-4-5-9-16(13-12-14(2)3)15-10-7-6-8-11-15/h10,12,14H,4-9,11H2,1-3H3. The van der Waals surface area contributed by atoms with Crippen molar-refractivity contribution in [3.63, 3.8) is 0 Å². The minimum absolute atomic E-state index is 0.612. The van der Waals surface area contributed by atoms with E-state index >= 15 is 0 Å². The molecule has 0 unspecified atom stereocenters. The van der Waals surface area contributed by atoms with Gasteiger partial charge in [-0.1, -0.05) is 33.3 Å². The Labute approximate surface area is 101 Å². The highest BCUT2D eigenvalue weighted by molar-refractivity contribution is 5.31. The average Bonchev–Trinajstić information content (AvgIpc) is 2.30. The van der Waals surface area contributed by atoms with Crippen molar-refractivity contribution in [1.29, 1.82) is 0 Å². The second-order valence-corrected chi connectivity index (χ2v) is 5.11. The van der Waals surface area contributed by atoms with Crippen LogP contribution in [0.4, 0.5) is 0 Å². The number of rotatable bonds is 5. The highest BCUT2D eigenvalue weighted by Gasteiger charge is 2.07. The van der Waals surface area contributed by atoms with Gasteiger partial charge in [-0.3, -0.25) is 0 Å². The van der Waals surface area contributed by atoms with E-state index in [1.165, 1.54) is 50.5 Å². The maximum atomic E-state index is 3.55. The van der Waals surface area contributed by atoms with Crippen molar-refractivity contribution in [2.24, 2.45) is 5.92 Å². The summed E-state index contributed by atoms with van der Waals surface area (Å²) in [5.41, 5.74) is 6.61. The second-order valence-electron chi connectivity index (χ2n) is 5.11. The van der Waals surface area contributed by atoms with Crippen molar-refractivity contribution in [1.82, 2.24) is 0 Å². The lowest BCUT2D eigenvalue weighted by atomic mass is 9.91. The molecule has 0 radical (unpaired) electrons. The number of allylic oxidation sites excluding steroid dienone is 3. The van der Waals surface area contributed by atoms with Gasteiger partial charge in [-0.15, -0.1) is 5.73 Å². The molecule has 0 atom stereocenters. The van der Waals surface area contributed by atoms with Crippen LogP contribution in [0.2, 0.25) is 0 Å². The Morgan fingerprint density at radius 1 is 1.44 bits per heavy atom. The Hall–Kier alpha value is -0.740. The van der Waals surface area contributed by atoms with Crippen LogP contribution in [0.1, 0.15) is 65.7 Å². The third-order valence-electron chi connectivity index (χ3n) is 3.05. The molecule has 0 aromatic rings. The first-order valence-electron chi connectivity index (χ1n) is 6.89. The molecule has 0 amide bonds. The van der Waals surface area contributed by atoms with Crippen LogP contribution in [-0.2, 0) is 0 Å². The van der Waals surface area contributed by atoms with Crippen molar-refractivity contribution >= 4 is 0 Å². The normalized spacial score (nSPS) is 15.6. The zero-order valence-corrected chi connectivity index (χ0v) is 11.2. The molecule has 0 bridgehead atoms. The lowest BCUT2D eigenvalue weighted by Gasteiger charge is -2.14. The van der Waals surface area contributed by atoms with E-state index in [0.717, 1.165) is 0 Å². The lowest BCUT2D eigenvalue weighted by Crippen LogP contribution is -1.95. The van der Waals surface area contributed by atoms with Crippen molar-refractivity contribution in [2.45, 2.75) is 65.7 Å². The highest BCUT2D eigenvalue weighted by atomic mass is 14.1. The maximum Gasteiger partial charge on any atom is -0.00348 e. The monoisotopic (exact) mass is 218 g/mol. The minimum atomic E-state index is 0.612. The molecule has 0 fully saturated rings. The molecule has 0 aromatic heterocycles. The third kappa shape index (κ3) is 4.86. The van der Waals surface area contributed by atoms with E-state index in [9.17, 15) is 0 Å². The van der Waals surface area contributed by atoms with Crippen LogP contribution in [0.15, 0.2) is 29.0 Å². The summed E-state index contributed by atoms with van der Waals surface area (Å²) in [6, 6.07) is 0. The summed E-state index contributed by atoms with van der Waals surface area (Å²) < 4.78 is 0. The van der Waals surface area contributed by atoms with Gasteiger partial charge in [0, 0.05) is 0 Å². The number of hydrogen-bond donors (Lipinski definition) is 0. The van der Waals surface area contributed by atoms with Gasteiger partial charge < -0.3 is 0 Å². The molecule has 0 aliphatic heterocycles. The Balaban J connectivity index is 2.77. The summed E-state index contributed by atoms with van der Waals surface area (Å²) >= 11 is 0. The third-order valence-corrected chi connectivity index (χ3v) is 3.05. The van der Waals surface area contributed by atoms with E-state index in [4.69, 9.17) is 0 Å². The summed E-state index contributed by atoms with van der Waals surface area (Å²) in [7, 11) is 0. The molecule has 0 spiro atoms. The summed E-state index contributed by atoms with van der Waals surface area (Å²) in [4.78, 5) is 0. The molecule has 0 nitrogen and oxygen atoms in total. The molecule has 0 saturated heterocycles. The van der Waals surface area contributed by atoms with Gasteiger partial charge in [0.1, 0.15) is 0 Å². The molecule has 0 aromatic carbocycles. The minimum Gasteiger partial charge on any atom is -0.121 e. The van der Waals surface area contributed by atoms with Gasteiger partial charge in [-0.2, -0.15) is 0 Å². The summed E-state index contributed by atoms with van der Waals surface area (Å²) in [6.45, 7) is 6.71. The van der Waals surface area contributed by atoms with Crippen LogP contribution in [0.3, 0.4) is 0 Å². The van der Waals surface area contributed by atoms with Crippen molar-refractivity contribution in [3.05, 3.63) is 29.0 Å². The quantitative estimate of drug-likeness (QED) is 0.541. The molecule has 90 valence electrons. The van der Waals surface area contributed by atoms with E-state index in [-0.39, 0.29) is 0 Å². The van der Waals surface area contributed by atoms with E-state index < -0.39 is 0 Å². The highest BCUT2D eigenvalue weighted by Crippen LogP contribution is 2.26. The molecule has 1 rings (SSSR count). The Morgan fingerprint density at radius 3 is 2.81 bits per heavy atom. The SMILES string of the molecule is CCCCC(=C=CC(C)C)C1=CCCCC1. The Morgan fingerprint density at radius 2 is 2.25 bits per heavy atom. The van der Waals surface area contributed by atoms with Crippen molar-refractivity contribution in [2.75, 3.05) is 0 Å². The molecular formula is C16H26. The summed E-state index contributed by atoms with van der Waals surface area (Å²) in [5, 5.41) is 0. The zero-order valence-electron chi connectivity index (χ0n) is 11.2. The first-order chi connectivity index (χ1) is 7.74. The van der Waals surface area contributed by atoms with Crippen LogP contribution in [-0.4, -0.2) is 0 Å². The Kier molecular flexibility index (Phi) is 6.26. The number of unbranched alkanes of at least 4 members (excludes halogenated alkanes) is 1. The summed E-state index contributed by atoms with van der Waals surface area (Å²) in [6.07, 6.45) is 13.7. The largest absolute Gasteiger partial charge is 0.121 e. The lowest BCUT2D eigenvalue weighted by molar-refractivity contribution is 0.691. The Bertz CT molecular complexity index is 285. The van der Waals surface area contributed by atoms with Gasteiger partial charge >= 0.3 is 0 Å². The number of hydrogen-bond acceptors (Lipinski definition) is 0. The van der Waals surface area contributed by atoms with Gasteiger partial charge in [-0.05, 0) is 61.7 Å². The van der Waals surface area contributed by atoms with Gasteiger partial charge in [0.25, 0.3) is 0 Å². The van der Waals surface area contributed by atoms with Crippen molar-refractivity contribution < 1.29 is 0 Å². The van der Waals surface area contributed by atoms with Crippen LogP contribution in [0.25, 0.3) is 0 Å². The fourth-order valence-electron chi connectivity index (χ4n) is 2.06. The van der Waals surface area contributed by atoms with E-state index in [2.05, 4.69) is 38.7 Å². The van der Waals surface area contributed by atoms with Crippen LogP contribution in [0.5, 0.6) is 0 Å². The van der Waals surface area contributed by atoms with Crippen molar-refractivity contribution in [3.8, 4) is 0 Å². The average molecular weight is 218 g/mol. The molecule has 16 heavy (non-hydrogen) atoms.